The Kier molecular flexibility index (Phi) is 7.43. The molecule has 0 amide bonds. The van der Waals surface area contributed by atoms with E-state index >= 15 is 0 Å². The summed E-state index contributed by atoms with van der Waals surface area (Å²) in [5, 5.41) is 10.7. The summed E-state index contributed by atoms with van der Waals surface area (Å²) in [5.74, 6) is 0. The van der Waals surface area contributed by atoms with Crippen molar-refractivity contribution in [3.8, 4) is 0 Å². The fourth-order valence-electron chi connectivity index (χ4n) is 4.69. The molecule has 1 fully saturated rings. The third kappa shape index (κ3) is 5.06. The molecule has 1 aliphatic heterocycles. The highest BCUT2D eigenvalue weighted by Crippen LogP contribution is 2.49. The summed E-state index contributed by atoms with van der Waals surface area (Å²) in [7, 11) is 0. The Morgan fingerprint density at radius 2 is 1.46 bits per heavy atom. The van der Waals surface area contributed by atoms with E-state index in [1.54, 1.807) is 6.92 Å². The van der Waals surface area contributed by atoms with Crippen LogP contribution in [-0.2, 0) is 13.7 Å². The number of aryl methyl sites for hydroxylation is 1. The largest absolute Gasteiger partial charge is 0.390 e. The van der Waals surface area contributed by atoms with E-state index in [4.69, 9.17) is 8.92 Å². The van der Waals surface area contributed by atoms with Crippen molar-refractivity contribution in [3.05, 3.63) is 140 Å². The molecule has 2 N–H and O–H groups in total. The highest BCUT2D eigenvalue weighted by Gasteiger charge is 2.40. The second-order valence-electron chi connectivity index (χ2n) is 9.06. The molecule has 7 nitrogen and oxygen atoms in total. The maximum Gasteiger partial charge on any atom is 0.330 e. The van der Waals surface area contributed by atoms with Crippen molar-refractivity contribution >= 4 is 12.0 Å². The molecule has 2 heterocycles. The molecule has 0 spiro atoms. The molecule has 4 aromatic rings. The number of benzene rings is 3. The van der Waals surface area contributed by atoms with E-state index in [9.17, 15) is 14.7 Å². The first-order chi connectivity index (χ1) is 18.0. The molecule has 1 aromatic heterocycles. The van der Waals surface area contributed by atoms with Gasteiger partial charge < -0.3 is 14.0 Å². The normalized spacial score (nSPS) is 19.7. The van der Waals surface area contributed by atoms with E-state index in [0.29, 0.717) is 5.56 Å². The molecular formula is C29H28N2O5S. The molecular weight excluding hydrogens is 488 g/mol. The number of ether oxygens (including phenoxy) is 1. The second kappa shape index (κ2) is 10.9. The van der Waals surface area contributed by atoms with Crippen LogP contribution in [0.4, 0.5) is 0 Å². The van der Waals surface area contributed by atoms with E-state index in [1.165, 1.54) is 22.8 Å². The number of aromatic nitrogens is 2. The van der Waals surface area contributed by atoms with Gasteiger partial charge in [-0.3, -0.25) is 14.3 Å². The maximum atomic E-state index is 12.3. The van der Waals surface area contributed by atoms with Gasteiger partial charge in [0.2, 0.25) is 0 Å². The van der Waals surface area contributed by atoms with Gasteiger partial charge in [-0.05, 0) is 23.6 Å². The molecule has 8 heteroatoms. The first-order valence-corrected chi connectivity index (χ1v) is 12.9. The quantitative estimate of drug-likeness (QED) is 0.270. The summed E-state index contributed by atoms with van der Waals surface area (Å²) in [5.41, 5.74) is 2.55. The van der Waals surface area contributed by atoms with E-state index in [-0.39, 0.29) is 13.0 Å². The molecule has 1 aliphatic rings. The Labute approximate surface area is 218 Å². The van der Waals surface area contributed by atoms with Crippen LogP contribution in [-0.4, -0.2) is 33.5 Å². The second-order valence-corrected chi connectivity index (χ2v) is 10.1. The number of nitrogens with one attached hydrogen (secondary N) is 1. The van der Waals surface area contributed by atoms with Crippen LogP contribution in [0.15, 0.2) is 107 Å². The van der Waals surface area contributed by atoms with Gasteiger partial charge in [-0.1, -0.05) is 91.0 Å². The molecule has 37 heavy (non-hydrogen) atoms. The first kappa shape index (κ1) is 25.2. The SMILES string of the molecule is Cc1cn([C@H]2C[C@H](O)[C@@H](COSC(c3ccccc3)(c3ccccc3)c3ccccc3)O2)c(=O)[nH]c1=O. The maximum absolute atomic E-state index is 12.3. The summed E-state index contributed by atoms with van der Waals surface area (Å²) in [4.78, 5) is 26.3. The number of H-pyrrole nitrogens is 1. The number of hydrogen-bond acceptors (Lipinski definition) is 6. The predicted molar refractivity (Wildman–Crippen MR) is 143 cm³/mol. The van der Waals surface area contributed by atoms with Crippen LogP contribution in [0.1, 0.15) is 34.9 Å². The summed E-state index contributed by atoms with van der Waals surface area (Å²) < 4.78 is 12.9. The average molecular weight is 517 g/mol. The molecule has 0 aliphatic carbocycles. The zero-order chi connectivity index (χ0) is 25.8. The summed E-state index contributed by atoms with van der Waals surface area (Å²) in [6, 6.07) is 30.5. The van der Waals surface area contributed by atoms with Crippen LogP contribution < -0.4 is 11.2 Å². The van der Waals surface area contributed by atoms with Gasteiger partial charge in [0.25, 0.3) is 5.56 Å². The van der Waals surface area contributed by atoms with Crippen LogP contribution in [0.5, 0.6) is 0 Å². The number of aliphatic hydroxyl groups excluding tert-OH is 1. The third-order valence-corrected chi connectivity index (χ3v) is 7.83. The van der Waals surface area contributed by atoms with Crippen molar-refractivity contribution in [2.75, 3.05) is 6.61 Å². The van der Waals surface area contributed by atoms with Gasteiger partial charge in [0, 0.05) is 30.2 Å². The molecule has 0 unspecified atom stereocenters. The van der Waals surface area contributed by atoms with Crippen molar-refractivity contribution in [3.63, 3.8) is 0 Å². The highest BCUT2D eigenvalue weighted by atomic mass is 32.2. The highest BCUT2D eigenvalue weighted by molar-refractivity contribution is 7.96. The number of nitrogens with zero attached hydrogens (tertiary/aromatic N) is 1. The third-order valence-electron chi connectivity index (χ3n) is 6.62. The number of rotatable bonds is 8. The molecule has 0 radical (unpaired) electrons. The molecule has 0 bridgehead atoms. The van der Waals surface area contributed by atoms with Gasteiger partial charge in [-0.25, -0.2) is 4.79 Å². The van der Waals surface area contributed by atoms with Crippen LogP contribution in [0.25, 0.3) is 0 Å². The van der Waals surface area contributed by atoms with E-state index < -0.39 is 34.4 Å². The summed E-state index contributed by atoms with van der Waals surface area (Å²) in [6.07, 6.45) is -0.493. The Bertz CT molecular complexity index is 1340. The number of aliphatic hydroxyl groups is 1. The van der Waals surface area contributed by atoms with Gasteiger partial charge in [0.1, 0.15) is 17.1 Å². The summed E-state index contributed by atoms with van der Waals surface area (Å²) in [6.45, 7) is 1.72. The van der Waals surface area contributed by atoms with Crippen molar-refractivity contribution < 1.29 is 14.0 Å². The molecule has 190 valence electrons. The average Bonchev–Trinajstić information content (AvgIpc) is 3.30. The molecule has 3 aromatic carbocycles. The van der Waals surface area contributed by atoms with Gasteiger partial charge in [-0.2, -0.15) is 0 Å². The molecule has 3 atom stereocenters. The Morgan fingerprint density at radius 1 is 0.946 bits per heavy atom. The zero-order valence-electron chi connectivity index (χ0n) is 20.3. The Balaban J connectivity index is 1.42. The lowest BCUT2D eigenvalue weighted by Gasteiger charge is -2.34. The standard InChI is InChI=1S/C29H28N2O5S/c1-20-18-31(28(34)30-27(20)33)26-17-24(32)25(36-26)19-35-37-29(21-11-5-2-6-12-21,22-13-7-3-8-14-22)23-15-9-4-10-16-23/h2-16,18,24-26,32H,17,19H2,1H3,(H,30,33,34)/t24-,25+,26+/m0/s1. The van der Waals surface area contributed by atoms with E-state index in [0.717, 1.165) is 16.7 Å². The lowest BCUT2D eigenvalue weighted by molar-refractivity contribution is -0.0382. The number of aromatic amines is 1. The molecule has 5 rings (SSSR count). The lowest BCUT2D eigenvalue weighted by Crippen LogP contribution is -2.33. The topological polar surface area (TPSA) is 93.6 Å². The summed E-state index contributed by atoms with van der Waals surface area (Å²) >= 11 is 1.31. The van der Waals surface area contributed by atoms with Gasteiger partial charge in [-0.15, -0.1) is 0 Å². The monoisotopic (exact) mass is 516 g/mol. The van der Waals surface area contributed by atoms with Crippen LogP contribution in [0.3, 0.4) is 0 Å². The van der Waals surface area contributed by atoms with Crippen LogP contribution in [0, 0.1) is 6.92 Å². The van der Waals surface area contributed by atoms with Crippen molar-refractivity contribution in [2.24, 2.45) is 0 Å². The fourth-order valence-corrected chi connectivity index (χ4v) is 5.76. The van der Waals surface area contributed by atoms with Crippen LogP contribution in [0.2, 0.25) is 0 Å². The zero-order valence-corrected chi connectivity index (χ0v) is 21.1. The number of hydrogen-bond donors (Lipinski definition) is 2. The Morgan fingerprint density at radius 3 is 1.97 bits per heavy atom. The molecule has 1 saturated heterocycles. The van der Waals surface area contributed by atoms with E-state index in [2.05, 4.69) is 41.4 Å². The van der Waals surface area contributed by atoms with E-state index in [1.807, 2.05) is 54.6 Å². The smallest absolute Gasteiger partial charge is 0.330 e. The van der Waals surface area contributed by atoms with Crippen molar-refractivity contribution in [2.45, 2.75) is 36.5 Å². The molecule has 0 saturated carbocycles. The van der Waals surface area contributed by atoms with Crippen molar-refractivity contribution in [1.82, 2.24) is 9.55 Å². The minimum atomic E-state index is -0.829. The Hall–Kier alpha value is -3.43. The minimum absolute atomic E-state index is 0.105. The first-order valence-electron chi connectivity index (χ1n) is 12.1. The lowest BCUT2D eigenvalue weighted by atomic mass is 9.84. The fraction of sp³-hybridized carbons (Fsp3) is 0.241. The minimum Gasteiger partial charge on any atom is -0.390 e. The van der Waals surface area contributed by atoms with Crippen molar-refractivity contribution in [1.29, 1.82) is 0 Å². The predicted octanol–water partition coefficient (Wildman–Crippen LogP) is 4.15. The van der Waals surface area contributed by atoms with Gasteiger partial charge >= 0.3 is 5.69 Å². The van der Waals surface area contributed by atoms with Crippen LogP contribution >= 0.6 is 12.0 Å². The van der Waals surface area contributed by atoms with Gasteiger partial charge in [0.05, 0.1) is 12.7 Å². The van der Waals surface area contributed by atoms with Gasteiger partial charge in [0.15, 0.2) is 0 Å².